The van der Waals surface area contributed by atoms with Gasteiger partial charge in [0, 0.05) is 24.9 Å². The van der Waals surface area contributed by atoms with E-state index in [4.69, 9.17) is 4.74 Å². The zero-order valence-corrected chi connectivity index (χ0v) is 13.9. The number of nitrogens with one attached hydrogen (secondary N) is 1. The fraction of sp³-hybridized carbons (Fsp3) is 0.250. The van der Waals surface area contributed by atoms with Gasteiger partial charge in [0.1, 0.15) is 5.75 Å². The van der Waals surface area contributed by atoms with Crippen LogP contribution in [0.5, 0.6) is 5.75 Å². The number of hydrogen-bond donors (Lipinski definition) is 1. The highest BCUT2D eigenvalue weighted by Crippen LogP contribution is 2.19. The number of methoxy groups -OCH3 is 1. The maximum atomic E-state index is 12.5. The molecule has 24 heavy (non-hydrogen) atoms. The average Bonchev–Trinajstić information content (AvgIpc) is 2.58. The first-order valence-corrected chi connectivity index (χ1v) is 8.99. The largest absolute Gasteiger partial charge is 0.496 e. The summed E-state index contributed by atoms with van der Waals surface area (Å²) in [6, 6.07) is 7.36. The quantitative estimate of drug-likeness (QED) is 0.871. The lowest BCUT2D eigenvalue weighted by Crippen LogP contribution is -2.42. The summed E-state index contributed by atoms with van der Waals surface area (Å²) in [5.41, 5.74) is 1.06. The third-order valence-corrected chi connectivity index (χ3v) is 4.88. The summed E-state index contributed by atoms with van der Waals surface area (Å²) in [5, 5.41) is 2.78. The summed E-state index contributed by atoms with van der Waals surface area (Å²) in [6.45, 7) is 0.554. The van der Waals surface area contributed by atoms with Crippen LogP contribution in [-0.4, -0.2) is 44.5 Å². The van der Waals surface area contributed by atoms with Gasteiger partial charge in [-0.15, -0.1) is 4.40 Å². The maximum absolute atomic E-state index is 12.5. The molecule has 1 aromatic rings. The zero-order chi connectivity index (χ0) is 17.2. The van der Waals surface area contributed by atoms with Crippen LogP contribution >= 0.6 is 0 Å². The van der Waals surface area contributed by atoms with E-state index < -0.39 is 10.0 Å². The molecule has 0 aromatic heterocycles. The summed E-state index contributed by atoms with van der Waals surface area (Å²) >= 11 is 0. The number of ether oxygens (including phenoxy) is 1. The molecule has 0 spiro atoms. The standard InChI is InChI=1S/C16H17N3O4S/c1-23-14-7-3-2-5-12(14)11-17-16(20)13-6-4-8-19-9-10-24(21,22)18-15(13)19/h2-8H,9-11H2,1H3,(H,17,20). The molecule has 1 amide bonds. The molecule has 2 aliphatic heterocycles. The number of carbonyl (C=O) groups is 1. The smallest absolute Gasteiger partial charge is 0.256 e. The van der Waals surface area contributed by atoms with Gasteiger partial charge < -0.3 is 15.0 Å². The number of sulfonamides is 1. The fourth-order valence-electron chi connectivity index (χ4n) is 2.51. The van der Waals surface area contributed by atoms with Gasteiger partial charge >= 0.3 is 0 Å². The van der Waals surface area contributed by atoms with E-state index in [2.05, 4.69) is 9.71 Å². The minimum atomic E-state index is -3.53. The molecular weight excluding hydrogens is 330 g/mol. The van der Waals surface area contributed by atoms with Crippen molar-refractivity contribution in [1.82, 2.24) is 10.2 Å². The van der Waals surface area contributed by atoms with Crippen molar-refractivity contribution in [1.29, 1.82) is 0 Å². The second kappa shape index (κ2) is 6.48. The van der Waals surface area contributed by atoms with Gasteiger partial charge in [-0.05, 0) is 18.2 Å². The van der Waals surface area contributed by atoms with Crippen LogP contribution in [0, 0.1) is 0 Å². The SMILES string of the molecule is COc1ccccc1CNC(=O)C1=CC=CN2CCS(=O)(=O)N=C12. The molecule has 0 saturated heterocycles. The van der Waals surface area contributed by atoms with Crippen LogP contribution in [-0.2, 0) is 21.4 Å². The Labute approximate surface area is 140 Å². The third kappa shape index (κ3) is 3.33. The molecule has 0 unspecified atom stereocenters. The molecule has 1 N–H and O–H groups in total. The van der Waals surface area contributed by atoms with Crippen molar-refractivity contribution in [3.05, 3.63) is 53.8 Å². The van der Waals surface area contributed by atoms with E-state index >= 15 is 0 Å². The minimum Gasteiger partial charge on any atom is -0.496 e. The molecule has 2 heterocycles. The van der Waals surface area contributed by atoms with Crippen LogP contribution in [0.3, 0.4) is 0 Å². The van der Waals surface area contributed by atoms with Crippen LogP contribution in [0.2, 0.25) is 0 Å². The summed E-state index contributed by atoms with van der Waals surface area (Å²) in [7, 11) is -1.96. The van der Waals surface area contributed by atoms with Gasteiger partial charge in [-0.3, -0.25) is 4.79 Å². The molecule has 0 saturated carbocycles. The molecule has 0 radical (unpaired) electrons. The van der Waals surface area contributed by atoms with Crippen LogP contribution in [0.15, 0.2) is 52.6 Å². The monoisotopic (exact) mass is 347 g/mol. The number of hydrogen-bond acceptors (Lipinski definition) is 5. The predicted molar refractivity (Wildman–Crippen MR) is 90.0 cm³/mol. The molecule has 1 aromatic carbocycles. The first kappa shape index (κ1) is 16.3. The topological polar surface area (TPSA) is 88.1 Å². The molecule has 0 aliphatic carbocycles. The van der Waals surface area contributed by atoms with E-state index in [1.54, 1.807) is 30.4 Å². The summed E-state index contributed by atoms with van der Waals surface area (Å²) < 4.78 is 32.4. The number of allylic oxidation sites excluding steroid dienone is 2. The minimum absolute atomic E-state index is 0.0586. The number of rotatable bonds is 4. The lowest BCUT2D eigenvalue weighted by molar-refractivity contribution is -0.117. The van der Waals surface area contributed by atoms with Crippen molar-refractivity contribution >= 4 is 21.8 Å². The number of fused-ring (bicyclic) bond motifs is 1. The van der Waals surface area contributed by atoms with E-state index in [0.717, 1.165) is 5.56 Å². The van der Waals surface area contributed by atoms with Gasteiger partial charge in [0.15, 0.2) is 5.84 Å². The second-order valence-electron chi connectivity index (χ2n) is 5.31. The second-order valence-corrected chi connectivity index (χ2v) is 7.07. The Hall–Kier alpha value is -2.61. The van der Waals surface area contributed by atoms with Crippen molar-refractivity contribution in [3.8, 4) is 5.75 Å². The van der Waals surface area contributed by atoms with Gasteiger partial charge in [-0.2, -0.15) is 0 Å². The lowest BCUT2D eigenvalue weighted by Gasteiger charge is -2.28. The highest BCUT2D eigenvalue weighted by Gasteiger charge is 2.29. The Morgan fingerprint density at radius 2 is 2.17 bits per heavy atom. The zero-order valence-electron chi connectivity index (χ0n) is 13.1. The summed E-state index contributed by atoms with van der Waals surface area (Å²) in [5.74, 6) is 0.402. The van der Waals surface area contributed by atoms with Gasteiger partial charge in [0.2, 0.25) is 0 Å². The Balaban J connectivity index is 1.78. The van der Waals surface area contributed by atoms with Crippen LogP contribution < -0.4 is 10.1 Å². The Kier molecular flexibility index (Phi) is 4.39. The first-order valence-electron chi connectivity index (χ1n) is 7.38. The van der Waals surface area contributed by atoms with Gasteiger partial charge in [-0.1, -0.05) is 18.2 Å². The van der Waals surface area contributed by atoms with E-state index in [1.165, 1.54) is 0 Å². The highest BCUT2D eigenvalue weighted by molar-refractivity contribution is 7.90. The molecule has 8 heteroatoms. The van der Waals surface area contributed by atoms with Crippen molar-refractivity contribution in [2.75, 3.05) is 19.4 Å². The van der Waals surface area contributed by atoms with E-state index in [-0.39, 0.29) is 36.2 Å². The fourth-order valence-corrected chi connectivity index (χ4v) is 3.50. The lowest BCUT2D eigenvalue weighted by atomic mass is 10.1. The number of carbonyl (C=O) groups excluding carboxylic acids is 1. The van der Waals surface area contributed by atoms with Crippen LogP contribution in [0.25, 0.3) is 0 Å². The van der Waals surface area contributed by atoms with Crippen LogP contribution in [0.4, 0.5) is 0 Å². The third-order valence-electron chi connectivity index (χ3n) is 3.73. The molecule has 0 bridgehead atoms. The van der Waals surface area contributed by atoms with Crippen molar-refractivity contribution in [2.45, 2.75) is 6.54 Å². The van der Waals surface area contributed by atoms with Gasteiger partial charge in [-0.25, -0.2) is 8.42 Å². The first-order chi connectivity index (χ1) is 11.5. The predicted octanol–water partition coefficient (Wildman–Crippen LogP) is 0.809. The molecule has 126 valence electrons. The number of amidine groups is 1. The molecule has 0 fully saturated rings. The van der Waals surface area contributed by atoms with Crippen molar-refractivity contribution in [3.63, 3.8) is 0 Å². The Morgan fingerprint density at radius 3 is 2.96 bits per heavy atom. The molecule has 0 atom stereocenters. The van der Waals surface area contributed by atoms with Gasteiger partial charge in [0.05, 0.1) is 18.4 Å². The Bertz CT molecular complexity index is 856. The Morgan fingerprint density at radius 1 is 1.38 bits per heavy atom. The van der Waals surface area contributed by atoms with Crippen LogP contribution in [0.1, 0.15) is 5.56 Å². The number of para-hydroxylation sites is 1. The van der Waals surface area contributed by atoms with Crippen molar-refractivity contribution < 1.29 is 17.9 Å². The highest BCUT2D eigenvalue weighted by atomic mass is 32.2. The summed E-state index contributed by atoms with van der Waals surface area (Å²) in [6.07, 6.45) is 4.98. The molecular formula is C16H17N3O4S. The van der Waals surface area contributed by atoms with E-state index in [1.807, 2.05) is 24.3 Å². The average molecular weight is 347 g/mol. The van der Waals surface area contributed by atoms with Crippen molar-refractivity contribution in [2.24, 2.45) is 4.40 Å². The number of benzene rings is 1. The van der Waals surface area contributed by atoms with Gasteiger partial charge in [0.25, 0.3) is 15.9 Å². The number of nitrogens with zero attached hydrogens (tertiary/aromatic N) is 2. The summed E-state index contributed by atoms with van der Waals surface area (Å²) in [4.78, 5) is 14.1. The van der Waals surface area contributed by atoms with E-state index in [9.17, 15) is 13.2 Å². The van der Waals surface area contributed by atoms with E-state index in [0.29, 0.717) is 5.75 Å². The normalized spacial score (nSPS) is 18.3. The number of amides is 1. The molecule has 3 rings (SSSR count). The molecule has 7 nitrogen and oxygen atoms in total. The maximum Gasteiger partial charge on any atom is 0.256 e. The molecule has 2 aliphatic rings.